The van der Waals surface area contributed by atoms with E-state index in [2.05, 4.69) is 37.6 Å². The molecule has 0 atom stereocenters. The summed E-state index contributed by atoms with van der Waals surface area (Å²) in [6, 6.07) is 0. The molecule has 0 aromatic carbocycles. The summed E-state index contributed by atoms with van der Waals surface area (Å²) in [5.74, 6) is 0. The number of unbranched alkanes of at least 4 members (excludes halogenated alkanes) is 1. The Labute approximate surface area is 108 Å². The lowest BCUT2D eigenvalue weighted by Crippen LogP contribution is -2.19. The highest BCUT2D eigenvalue weighted by molar-refractivity contribution is 7.17. The Kier molecular flexibility index (Phi) is 4.69. The first-order chi connectivity index (χ1) is 7.90. The fourth-order valence-corrected chi connectivity index (χ4v) is 2.67. The number of carbonyl (C=O) groups excluding carboxylic acids is 1. The molecule has 0 saturated carbocycles. The zero-order chi connectivity index (χ0) is 13.1. The highest BCUT2D eigenvalue weighted by Gasteiger charge is 2.23. The molecule has 0 aliphatic heterocycles. The minimum Gasteiger partial charge on any atom is -0.351 e. The van der Waals surface area contributed by atoms with Gasteiger partial charge in [0, 0.05) is 19.0 Å². The highest BCUT2D eigenvalue weighted by atomic mass is 32.1. The first-order valence-electron chi connectivity index (χ1n) is 6.07. The Bertz CT molecular complexity index is 379. The van der Waals surface area contributed by atoms with Crippen molar-refractivity contribution < 1.29 is 4.79 Å². The Balaban J connectivity index is 2.96. The predicted octanol–water partition coefficient (Wildman–Crippen LogP) is 3.49. The van der Waals surface area contributed by atoms with Crippen LogP contribution in [0, 0.1) is 0 Å². The van der Waals surface area contributed by atoms with Gasteiger partial charge in [0.05, 0.1) is 10.6 Å². The summed E-state index contributed by atoms with van der Waals surface area (Å²) in [6.07, 6.45) is 3.25. The number of hydrogen-bond acceptors (Lipinski definition) is 4. The van der Waals surface area contributed by atoms with Crippen molar-refractivity contribution >= 4 is 22.8 Å². The average molecular weight is 254 g/mol. The number of aromatic nitrogens is 1. The molecule has 3 nitrogen and oxygen atoms in total. The molecule has 1 heterocycles. The maximum atomic E-state index is 11.1. The molecule has 0 N–H and O–H groups in total. The fraction of sp³-hybridized carbons (Fsp3) is 0.692. The standard InChI is InChI=1S/C13H22N2OS/c1-6-7-8-15(5)12-14-11(13(2,3)4)10(9-16)17-12/h9H,6-8H2,1-5H3. The number of carbonyl (C=O) groups is 1. The number of rotatable bonds is 5. The number of aldehydes is 1. The number of thiazole rings is 1. The molecule has 0 spiro atoms. The maximum absolute atomic E-state index is 11.1. The van der Waals surface area contributed by atoms with Gasteiger partial charge in [0.25, 0.3) is 0 Å². The molecule has 17 heavy (non-hydrogen) atoms. The van der Waals surface area contributed by atoms with Crippen LogP contribution in [-0.2, 0) is 5.41 Å². The third-order valence-electron chi connectivity index (χ3n) is 2.63. The van der Waals surface area contributed by atoms with Crippen LogP contribution in [0.25, 0.3) is 0 Å². The van der Waals surface area contributed by atoms with Gasteiger partial charge in [-0.3, -0.25) is 4.79 Å². The van der Waals surface area contributed by atoms with Crippen molar-refractivity contribution in [3.05, 3.63) is 10.6 Å². The monoisotopic (exact) mass is 254 g/mol. The van der Waals surface area contributed by atoms with Gasteiger partial charge in [-0.05, 0) is 6.42 Å². The van der Waals surface area contributed by atoms with Gasteiger partial charge in [0.2, 0.25) is 0 Å². The van der Waals surface area contributed by atoms with Crippen LogP contribution in [0.1, 0.15) is 55.9 Å². The summed E-state index contributed by atoms with van der Waals surface area (Å²) in [6.45, 7) is 9.43. The Morgan fingerprint density at radius 3 is 2.47 bits per heavy atom. The molecule has 1 aromatic heterocycles. The highest BCUT2D eigenvalue weighted by Crippen LogP contribution is 2.32. The van der Waals surface area contributed by atoms with E-state index < -0.39 is 0 Å². The van der Waals surface area contributed by atoms with Crippen LogP contribution in [0.5, 0.6) is 0 Å². The molecule has 0 unspecified atom stereocenters. The van der Waals surface area contributed by atoms with E-state index in [1.807, 2.05) is 7.05 Å². The van der Waals surface area contributed by atoms with Crippen molar-refractivity contribution in [2.24, 2.45) is 0 Å². The van der Waals surface area contributed by atoms with E-state index >= 15 is 0 Å². The Hall–Kier alpha value is -0.900. The van der Waals surface area contributed by atoms with Crippen LogP contribution >= 0.6 is 11.3 Å². The van der Waals surface area contributed by atoms with Crippen molar-refractivity contribution in [2.75, 3.05) is 18.5 Å². The SMILES string of the molecule is CCCCN(C)c1nc(C(C)(C)C)c(C=O)s1. The molecule has 0 radical (unpaired) electrons. The number of nitrogens with zero attached hydrogens (tertiary/aromatic N) is 2. The lowest BCUT2D eigenvalue weighted by molar-refractivity contribution is 0.112. The molecule has 0 saturated heterocycles. The van der Waals surface area contributed by atoms with Crippen LogP contribution < -0.4 is 4.90 Å². The quantitative estimate of drug-likeness (QED) is 0.754. The molecule has 0 bridgehead atoms. The molecule has 1 rings (SSSR count). The largest absolute Gasteiger partial charge is 0.351 e. The molecule has 0 aliphatic carbocycles. The van der Waals surface area contributed by atoms with E-state index in [1.54, 1.807) is 0 Å². The van der Waals surface area contributed by atoms with Crippen LogP contribution in [0.15, 0.2) is 0 Å². The third-order valence-corrected chi connectivity index (χ3v) is 3.73. The maximum Gasteiger partial charge on any atom is 0.185 e. The number of anilines is 1. The minimum absolute atomic E-state index is 0.0728. The molecule has 0 aliphatic rings. The lowest BCUT2D eigenvalue weighted by atomic mass is 9.91. The first-order valence-corrected chi connectivity index (χ1v) is 6.89. The van der Waals surface area contributed by atoms with Crippen LogP contribution in [0.4, 0.5) is 5.13 Å². The topological polar surface area (TPSA) is 33.2 Å². The van der Waals surface area contributed by atoms with Gasteiger partial charge >= 0.3 is 0 Å². The molecule has 4 heteroatoms. The van der Waals surface area contributed by atoms with Gasteiger partial charge < -0.3 is 4.90 Å². The summed E-state index contributed by atoms with van der Waals surface area (Å²) >= 11 is 1.49. The van der Waals surface area contributed by atoms with E-state index in [0.29, 0.717) is 0 Å². The second-order valence-electron chi connectivity index (χ2n) is 5.35. The predicted molar refractivity (Wildman–Crippen MR) is 74.4 cm³/mol. The van der Waals surface area contributed by atoms with Crippen LogP contribution in [0.2, 0.25) is 0 Å². The Morgan fingerprint density at radius 1 is 1.41 bits per heavy atom. The van der Waals surface area contributed by atoms with Gasteiger partial charge in [0.1, 0.15) is 0 Å². The van der Waals surface area contributed by atoms with Gasteiger partial charge in [-0.25, -0.2) is 4.98 Å². The van der Waals surface area contributed by atoms with E-state index in [-0.39, 0.29) is 5.41 Å². The minimum atomic E-state index is -0.0728. The van der Waals surface area contributed by atoms with Gasteiger partial charge in [-0.2, -0.15) is 0 Å². The van der Waals surface area contributed by atoms with Crippen LogP contribution in [-0.4, -0.2) is 24.9 Å². The average Bonchev–Trinajstić information content (AvgIpc) is 2.69. The second-order valence-corrected chi connectivity index (χ2v) is 6.36. The van der Waals surface area contributed by atoms with Crippen molar-refractivity contribution in [2.45, 2.75) is 46.0 Å². The molecular formula is C13H22N2OS. The van der Waals surface area contributed by atoms with E-state index in [9.17, 15) is 4.79 Å². The first kappa shape index (κ1) is 14.2. The van der Waals surface area contributed by atoms with Gasteiger partial charge in [-0.1, -0.05) is 45.5 Å². The molecular weight excluding hydrogens is 232 g/mol. The zero-order valence-electron chi connectivity index (χ0n) is 11.4. The van der Waals surface area contributed by atoms with Gasteiger partial charge in [0.15, 0.2) is 11.4 Å². The number of hydrogen-bond donors (Lipinski definition) is 0. The van der Waals surface area contributed by atoms with Crippen molar-refractivity contribution in [1.82, 2.24) is 4.98 Å². The van der Waals surface area contributed by atoms with E-state index in [0.717, 1.165) is 35.0 Å². The Morgan fingerprint density at radius 2 is 2.06 bits per heavy atom. The lowest BCUT2D eigenvalue weighted by Gasteiger charge is -2.17. The molecule has 1 aromatic rings. The summed E-state index contributed by atoms with van der Waals surface area (Å²) in [7, 11) is 2.04. The zero-order valence-corrected chi connectivity index (χ0v) is 12.2. The van der Waals surface area contributed by atoms with Crippen molar-refractivity contribution in [3.63, 3.8) is 0 Å². The third kappa shape index (κ3) is 3.53. The van der Waals surface area contributed by atoms with E-state index in [4.69, 9.17) is 0 Å². The van der Waals surface area contributed by atoms with Gasteiger partial charge in [-0.15, -0.1) is 0 Å². The van der Waals surface area contributed by atoms with Crippen LogP contribution in [0.3, 0.4) is 0 Å². The normalized spacial score (nSPS) is 11.6. The molecule has 96 valence electrons. The van der Waals surface area contributed by atoms with E-state index in [1.165, 1.54) is 17.8 Å². The molecule has 0 fully saturated rings. The molecule has 0 amide bonds. The van der Waals surface area contributed by atoms with Crippen molar-refractivity contribution in [3.8, 4) is 0 Å². The summed E-state index contributed by atoms with van der Waals surface area (Å²) in [4.78, 5) is 18.6. The second kappa shape index (κ2) is 5.63. The summed E-state index contributed by atoms with van der Waals surface area (Å²) in [5.41, 5.74) is 0.840. The van der Waals surface area contributed by atoms with Crippen molar-refractivity contribution in [1.29, 1.82) is 0 Å². The summed E-state index contributed by atoms with van der Waals surface area (Å²) in [5, 5.41) is 0.950. The fourth-order valence-electron chi connectivity index (χ4n) is 1.59. The summed E-state index contributed by atoms with van der Waals surface area (Å²) < 4.78 is 0. The smallest absolute Gasteiger partial charge is 0.185 e.